The summed E-state index contributed by atoms with van der Waals surface area (Å²) in [5.74, 6) is 0.150. The fourth-order valence-electron chi connectivity index (χ4n) is 1.07. The molecule has 0 fully saturated rings. The van der Waals surface area contributed by atoms with Crippen LogP contribution in [0.5, 0.6) is 0 Å². The van der Waals surface area contributed by atoms with E-state index in [4.69, 9.17) is 10.3 Å². The van der Waals surface area contributed by atoms with Crippen LogP contribution in [-0.2, 0) is 10.3 Å². The number of aromatic nitrogens is 1. The largest absolute Gasteiger partial charge is 0.361 e. The molecule has 1 heterocycles. The van der Waals surface area contributed by atoms with Crippen molar-refractivity contribution in [2.24, 2.45) is 5.73 Å². The topological polar surface area (TPSA) is 96.5 Å². The Bertz CT molecular complexity index is 404. The van der Waals surface area contributed by atoms with Gasteiger partial charge < -0.3 is 5.73 Å². The Morgan fingerprint density at radius 1 is 1.60 bits per heavy atom. The van der Waals surface area contributed by atoms with Crippen molar-refractivity contribution in [3.05, 3.63) is 24.4 Å². The van der Waals surface area contributed by atoms with Crippen LogP contribution in [0.15, 0.2) is 24.4 Å². The Balaban J connectivity index is 3.03. The molecule has 1 rings (SSSR count). The molecule has 0 aromatic carbocycles. The summed E-state index contributed by atoms with van der Waals surface area (Å²) in [5, 5.41) is 0. The van der Waals surface area contributed by atoms with Gasteiger partial charge in [-0.05, 0) is 19.1 Å². The van der Waals surface area contributed by atoms with Crippen molar-refractivity contribution < 1.29 is 13.0 Å². The van der Waals surface area contributed by atoms with Crippen molar-refractivity contribution in [1.82, 2.24) is 4.98 Å². The van der Waals surface area contributed by atoms with Gasteiger partial charge in [-0.3, -0.25) is 4.55 Å². The van der Waals surface area contributed by atoms with E-state index in [1.807, 2.05) is 0 Å². The predicted molar refractivity (Wildman–Crippen MR) is 56.8 cm³/mol. The van der Waals surface area contributed by atoms with Crippen LogP contribution < -0.4 is 10.0 Å². The molecule has 1 unspecified atom stereocenters. The van der Waals surface area contributed by atoms with E-state index < -0.39 is 16.3 Å². The van der Waals surface area contributed by atoms with Gasteiger partial charge in [-0.15, -0.1) is 0 Å². The smallest absolute Gasteiger partial charge is 0.326 e. The average Bonchev–Trinajstić information content (AvgIpc) is 2.14. The highest BCUT2D eigenvalue weighted by Crippen LogP contribution is 2.12. The van der Waals surface area contributed by atoms with Crippen LogP contribution in [0.3, 0.4) is 0 Å². The monoisotopic (exact) mass is 231 g/mol. The number of pyridine rings is 1. The molecular formula is C8H13N3O3S. The molecule has 0 aliphatic rings. The first-order valence-electron chi connectivity index (χ1n) is 4.33. The highest BCUT2D eigenvalue weighted by Gasteiger charge is 2.21. The van der Waals surface area contributed by atoms with Gasteiger partial charge in [0.1, 0.15) is 5.82 Å². The summed E-state index contributed by atoms with van der Waals surface area (Å²) in [5.41, 5.74) is 5.48. The van der Waals surface area contributed by atoms with Crippen molar-refractivity contribution in [2.45, 2.75) is 13.0 Å². The number of nitrogens with zero attached hydrogens (tertiary/aromatic N) is 2. The van der Waals surface area contributed by atoms with Crippen LogP contribution in [0.1, 0.15) is 6.92 Å². The molecule has 1 atom stereocenters. The van der Waals surface area contributed by atoms with E-state index in [9.17, 15) is 8.42 Å². The summed E-state index contributed by atoms with van der Waals surface area (Å²) in [4.78, 5) is 3.83. The molecule has 1 aromatic heterocycles. The van der Waals surface area contributed by atoms with Gasteiger partial charge in [0.15, 0.2) is 0 Å². The zero-order valence-corrected chi connectivity index (χ0v) is 9.05. The molecule has 3 N–H and O–H groups in total. The number of hydrogen-bond acceptors (Lipinski definition) is 4. The summed E-state index contributed by atoms with van der Waals surface area (Å²) in [6.45, 7) is 1.62. The summed E-state index contributed by atoms with van der Waals surface area (Å²) in [7, 11) is -4.32. The molecular weight excluding hydrogens is 218 g/mol. The average molecular weight is 231 g/mol. The normalized spacial score (nSPS) is 13.5. The maximum Gasteiger partial charge on any atom is 0.361 e. The number of rotatable bonds is 4. The lowest BCUT2D eigenvalue weighted by molar-refractivity contribution is 0.475. The van der Waals surface area contributed by atoms with Gasteiger partial charge >= 0.3 is 10.3 Å². The number of anilines is 1. The second-order valence-electron chi connectivity index (χ2n) is 3.17. The zero-order valence-electron chi connectivity index (χ0n) is 8.24. The minimum atomic E-state index is -4.32. The summed E-state index contributed by atoms with van der Waals surface area (Å²) >= 11 is 0. The molecule has 7 heteroatoms. The summed E-state index contributed by atoms with van der Waals surface area (Å²) < 4.78 is 31.9. The standard InChI is InChI=1S/C8H13N3O3S/c1-7(9)6-11(15(12,13)14)8-4-2-3-5-10-8/h2-5,7H,6,9H2,1H3,(H,12,13,14). The van der Waals surface area contributed by atoms with Crippen LogP contribution >= 0.6 is 0 Å². The lowest BCUT2D eigenvalue weighted by atomic mass is 10.3. The Labute approximate surface area is 88.6 Å². The van der Waals surface area contributed by atoms with Crippen molar-refractivity contribution >= 4 is 16.1 Å². The van der Waals surface area contributed by atoms with Gasteiger partial charge in [0.2, 0.25) is 0 Å². The first kappa shape index (κ1) is 11.9. The second-order valence-corrected chi connectivity index (χ2v) is 4.51. The molecule has 0 radical (unpaired) electrons. The minimum Gasteiger partial charge on any atom is -0.326 e. The van der Waals surface area contributed by atoms with E-state index in [1.165, 1.54) is 12.3 Å². The molecule has 0 saturated heterocycles. The Morgan fingerprint density at radius 2 is 2.27 bits per heavy atom. The molecule has 0 aliphatic carbocycles. The van der Waals surface area contributed by atoms with Crippen molar-refractivity contribution in [3.63, 3.8) is 0 Å². The molecule has 0 aliphatic heterocycles. The molecule has 0 bridgehead atoms. The maximum atomic E-state index is 11.1. The molecule has 0 amide bonds. The van der Waals surface area contributed by atoms with Gasteiger partial charge in [-0.25, -0.2) is 9.29 Å². The Kier molecular flexibility index (Phi) is 3.61. The molecule has 15 heavy (non-hydrogen) atoms. The summed E-state index contributed by atoms with van der Waals surface area (Å²) in [6.07, 6.45) is 1.44. The Morgan fingerprint density at radius 3 is 2.67 bits per heavy atom. The van der Waals surface area contributed by atoms with Crippen molar-refractivity contribution in [1.29, 1.82) is 0 Å². The van der Waals surface area contributed by atoms with Gasteiger partial charge in [0.25, 0.3) is 0 Å². The quantitative estimate of drug-likeness (QED) is 0.713. The second kappa shape index (κ2) is 4.56. The van der Waals surface area contributed by atoms with Crippen LogP contribution in [-0.4, -0.2) is 30.5 Å². The van der Waals surface area contributed by atoms with Crippen molar-refractivity contribution in [3.8, 4) is 0 Å². The number of hydrogen-bond donors (Lipinski definition) is 2. The van der Waals surface area contributed by atoms with E-state index >= 15 is 0 Å². The van der Waals surface area contributed by atoms with Gasteiger partial charge in [-0.2, -0.15) is 8.42 Å². The van der Waals surface area contributed by atoms with E-state index in [0.29, 0.717) is 0 Å². The molecule has 1 aromatic rings. The third-order valence-corrected chi connectivity index (χ3v) is 2.53. The minimum absolute atomic E-state index is 0.0180. The maximum absolute atomic E-state index is 11.1. The van der Waals surface area contributed by atoms with E-state index in [1.54, 1.807) is 19.1 Å². The Hall–Kier alpha value is -1.18. The van der Waals surface area contributed by atoms with Crippen LogP contribution in [0.25, 0.3) is 0 Å². The molecule has 84 valence electrons. The highest BCUT2D eigenvalue weighted by atomic mass is 32.2. The first-order chi connectivity index (χ1) is 6.91. The lowest BCUT2D eigenvalue weighted by Crippen LogP contribution is -2.40. The fourth-order valence-corrected chi connectivity index (χ4v) is 1.84. The van der Waals surface area contributed by atoms with Crippen LogP contribution in [0, 0.1) is 0 Å². The SMILES string of the molecule is CC(N)CN(c1ccccn1)S(=O)(=O)O. The van der Waals surface area contributed by atoms with E-state index in [0.717, 1.165) is 4.31 Å². The van der Waals surface area contributed by atoms with E-state index in [-0.39, 0.29) is 12.4 Å². The fraction of sp³-hybridized carbons (Fsp3) is 0.375. The van der Waals surface area contributed by atoms with Gasteiger partial charge in [0.05, 0.1) is 6.54 Å². The first-order valence-corrected chi connectivity index (χ1v) is 5.72. The van der Waals surface area contributed by atoms with Gasteiger partial charge in [-0.1, -0.05) is 6.07 Å². The summed E-state index contributed by atoms with van der Waals surface area (Å²) in [6, 6.07) is 4.36. The van der Waals surface area contributed by atoms with Gasteiger partial charge in [0, 0.05) is 12.2 Å². The van der Waals surface area contributed by atoms with Crippen LogP contribution in [0.4, 0.5) is 5.82 Å². The third kappa shape index (κ3) is 3.46. The van der Waals surface area contributed by atoms with Crippen LogP contribution in [0.2, 0.25) is 0 Å². The lowest BCUT2D eigenvalue weighted by Gasteiger charge is -2.21. The number of nitrogens with two attached hydrogens (primary N) is 1. The molecule has 0 saturated carbocycles. The predicted octanol–water partition coefficient (Wildman–Crippen LogP) is 0.0380. The van der Waals surface area contributed by atoms with Crippen molar-refractivity contribution in [2.75, 3.05) is 10.8 Å². The highest BCUT2D eigenvalue weighted by molar-refractivity contribution is 7.87. The third-order valence-electron chi connectivity index (χ3n) is 1.64. The molecule has 0 spiro atoms. The zero-order chi connectivity index (χ0) is 11.5. The molecule has 6 nitrogen and oxygen atoms in total. The van der Waals surface area contributed by atoms with E-state index in [2.05, 4.69) is 4.98 Å².